The van der Waals surface area contributed by atoms with Crippen molar-refractivity contribution in [3.05, 3.63) is 29.3 Å². The highest BCUT2D eigenvalue weighted by atomic mass is 16.4. The maximum Gasteiger partial charge on any atom is 0.234 e. The molecule has 0 fully saturated rings. The third kappa shape index (κ3) is 3.48. The molecule has 92 valence electrons. The Morgan fingerprint density at radius 1 is 1.35 bits per heavy atom. The minimum atomic E-state index is -0.666. The van der Waals surface area contributed by atoms with Gasteiger partial charge in [0.15, 0.2) is 5.84 Å². The summed E-state index contributed by atoms with van der Waals surface area (Å²) in [6.45, 7) is 5.48. The van der Waals surface area contributed by atoms with Crippen LogP contribution in [0.3, 0.4) is 0 Å². The number of carbonyl (C=O) groups excluding carboxylic acids is 1. The third-order valence-corrected chi connectivity index (χ3v) is 2.44. The molecule has 5 nitrogen and oxygen atoms in total. The number of hydrogen-bond donors (Lipinski definition) is 3. The normalized spacial score (nSPS) is 13.2. The van der Waals surface area contributed by atoms with Crippen LogP contribution in [0.2, 0.25) is 0 Å². The van der Waals surface area contributed by atoms with Crippen molar-refractivity contribution in [2.75, 3.05) is 5.32 Å². The number of anilines is 1. The largest absolute Gasteiger partial charge is 0.409 e. The zero-order chi connectivity index (χ0) is 13.0. The second kappa shape index (κ2) is 5.34. The first-order chi connectivity index (χ1) is 7.93. The molecule has 0 saturated carbocycles. The van der Waals surface area contributed by atoms with E-state index in [0.717, 1.165) is 11.1 Å². The zero-order valence-corrected chi connectivity index (χ0v) is 10.2. The van der Waals surface area contributed by atoms with E-state index >= 15 is 0 Å². The van der Waals surface area contributed by atoms with E-state index in [9.17, 15) is 4.79 Å². The number of amides is 1. The number of nitrogens with one attached hydrogen (secondary N) is 1. The second-order valence-electron chi connectivity index (χ2n) is 4.11. The lowest BCUT2D eigenvalue weighted by molar-refractivity contribution is -0.117. The Hall–Kier alpha value is -2.04. The van der Waals surface area contributed by atoms with Crippen molar-refractivity contribution in [1.29, 1.82) is 0 Å². The Bertz CT molecular complexity index is 435. The van der Waals surface area contributed by atoms with Gasteiger partial charge in [0.05, 0.1) is 5.92 Å². The summed E-state index contributed by atoms with van der Waals surface area (Å²) in [7, 11) is 0. The Kier molecular flexibility index (Phi) is 4.09. The minimum absolute atomic E-state index is 0.105. The van der Waals surface area contributed by atoms with Crippen molar-refractivity contribution in [2.24, 2.45) is 16.8 Å². The van der Waals surface area contributed by atoms with Gasteiger partial charge in [0, 0.05) is 5.69 Å². The van der Waals surface area contributed by atoms with E-state index in [4.69, 9.17) is 10.9 Å². The molecule has 0 radical (unpaired) electrons. The smallest absolute Gasteiger partial charge is 0.234 e. The fourth-order valence-corrected chi connectivity index (χ4v) is 1.52. The molecule has 5 heteroatoms. The average Bonchev–Trinajstić information content (AvgIpc) is 2.25. The lowest BCUT2D eigenvalue weighted by atomic mass is 10.1. The van der Waals surface area contributed by atoms with Gasteiger partial charge >= 0.3 is 0 Å². The first-order valence-corrected chi connectivity index (χ1v) is 5.30. The van der Waals surface area contributed by atoms with Crippen LogP contribution in [0.4, 0.5) is 5.69 Å². The molecule has 1 rings (SSSR count). The molecule has 0 spiro atoms. The molecule has 1 atom stereocenters. The zero-order valence-electron chi connectivity index (χ0n) is 10.2. The highest BCUT2D eigenvalue weighted by molar-refractivity contribution is 6.07. The van der Waals surface area contributed by atoms with E-state index in [1.54, 1.807) is 6.92 Å². The molecular formula is C12H17N3O2. The number of hydrogen-bond acceptors (Lipinski definition) is 3. The van der Waals surface area contributed by atoms with Crippen molar-refractivity contribution in [3.63, 3.8) is 0 Å². The van der Waals surface area contributed by atoms with E-state index in [1.165, 1.54) is 0 Å². The molecule has 0 aliphatic heterocycles. The van der Waals surface area contributed by atoms with Gasteiger partial charge in [-0.25, -0.2) is 0 Å². The molecule has 1 unspecified atom stereocenters. The van der Waals surface area contributed by atoms with Crippen LogP contribution in [0.25, 0.3) is 0 Å². The number of oxime groups is 1. The SMILES string of the molecule is Cc1cc(C)cc(NC(=O)C(C)/C(N)=N/O)c1. The van der Waals surface area contributed by atoms with Crippen molar-refractivity contribution >= 4 is 17.4 Å². The molecule has 0 aromatic heterocycles. The minimum Gasteiger partial charge on any atom is -0.409 e. The summed E-state index contributed by atoms with van der Waals surface area (Å²) in [6, 6.07) is 5.75. The predicted octanol–water partition coefficient (Wildman–Crippen LogP) is 1.62. The molecule has 1 aromatic rings. The topological polar surface area (TPSA) is 87.7 Å². The van der Waals surface area contributed by atoms with Gasteiger partial charge in [-0.15, -0.1) is 0 Å². The molecule has 1 amide bonds. The second-order valence-corrected chi connectivity index (χ2v) is 4.11. The Labute approximate surface area is 100 Å². The average molecular weight is 235 g/mol. The molecule has 0 saturated heterocycles. The first-order valence-electron chi connectivity index (χ1n) is 5.30. The Morgan fingerprint density at radius 2 is 1.88 bits per heavy atom. The van der Waals surface area contributed by atoms with E-state index in [2.05, 4.69) is 10.5 Å². The molecule has 0 aliphatic carbocycles. The van der Waals surface area contributed by atoms with Gasteiger partial charge in [-0.05, 0) is 44.0 Å². The number of nitrogens with zero attached hydrogens (tertiary/aromatic N) is 1. The van der Waals surface area contributed by atoms with Crippen molar-refractivity contribution in [1.82, 2.24) is 0 Å². The Balaban J connectivity index is 2.81. The molecule has 17 heavy (non-hydrogen) atoms. The maximum atomic E-state index is 11.8. The lowest BCUT2D eigenvalue weighted by Crippen LogP contribution is -2.32. The van der Waals surface area contributed by atoms with Crippen LogP contribution in [0.5, 0.6) is 0 Å². The van der Waals surface area contributed by atoms with Crippen LogP contribution >= 0.6 is 0 Å². The summed E-state index contributed by atoms with van der Waals surface area (Å²) >= 11 is 0. The lowest BCUT2D eigenvalue weighted by Gasteiger charge is -2.11. The number of aryl methyl sites for hydroxylation is 2. The third-order valence-electron chi connectivity index (χ3n) is 2.44. The van der Waals surface area contributed by atoms with Crippen LogP contribution in [-0.4, -0.2) is 17.0 Å². The van der Waals surface area contributed by atoms with Crippen molar-refractivity contribution < 1.29 is 10.0 Å². The van der Waals surface area contributed by atoms with E-state index in [-0.39, 0.29) is 11.7 Å². The van der Waals surface area contributed by atoms with E-state index in [0.29, 0.717) is 5.69 Å². The van der Waals surface area contributed by atoms with Crippen LogP contribution in [0, 0.1) is 19.8 Å². The van der Waals surface area contributed by atoms with Crippen molar-refractivity contribution in [2.45, 2.75) is 20.8 Å². The molecule has 0 bridgehead atoms. The molecule has 1 aromatic carbocycles. The standard InChI is InChI=1S/C12H17N3O2/c1-7-4-8(2)6-10(5-7)14-12(16)9(3)11(13)15-17/h4-6,9,17H,1-3H3,(H2,13,15)(H,14,16). The highest BCUT2D eigenvalue weighted by Crippen LogP contribution is 2.14. The number of carbonyl (C=O) groups is 1. The van der Waals surface area contributed by atoms with Crippen LogP contribution in [0.1, 0.15) is 18.1 Å². The number of rotatable bonds is 3. The highest BCUT2D eigenvalue weighted by Gasteiger charge is 2.17. The van der Waals surface area contributed by atoms with Gasteiger partial charge < -0.3 is 16.3 Å². The predicted molar refractivity (Wildman–Crippen MR) is 67.1 cm³/mol. The molecule has 0 aliphatic rings. The number of amidine groups is 1. The van der Waals surface area contributed by atoms with Gasteiger partial charge in [-0.3, -0.25) is 4.79 Å². The van der Waals surface area contributed by atoms with Crippen LogP contribution in [0.15, 0.2) is 23.4 Å². The number of nitrogens with two attached hydrogens (primary N) is 1. The summed E-state index contributed by atoms with van der Waals surface area (Å²) in [6.07, 6.45) is 0. The maximum absolute atomic E-state index is 11.8. The van der Waals surface area contributed by atoms with Gasteiger partial charge in [0.2, 0.25) is 5.91 Å². The van der Waals surface area contributed by atoms with Gasteiger partial charge in [0.25, 0.3) is 0 Å². The summed E-state index contributed by atoms with van der Waals surface area (Å²) in [5, 5.41) is 14.0. The molecular weight excluding hydrogens is 218 g/mol. The number of benzene rings is 1. The fraction of sp³-hybridized carbons (Fsp3) is 0.333. The van der Waals surface area contributed by atoms with Gasteiger partial charge in [-0.2, -0.15) is 0 Å². The first kappa shape index (κ1) is 13.0. The Morgan fingerprint density at radius 3 is 2.35 bits per heavy atom. The van der Waals surface area contributed by atoms with Crippen LogP contribution < -0.4 is 11.1 Å². The van der Waals surface area contributed by atoms with Gasteiger partial charge in [-0.1, -0.05) is 11.2 Å². The summed E-state index contributed by atoms with van der Waals surface area (Å²) in [4.78, 5) is 11.8. The summed E-state index contributed by atoms with van der Waals surface area (Å²) in [5.41, 5.74) is 8.22. The summed E-state index contributed by atoms with van der Waals surface area (Å²) < 4.78 is 0. The van der Waals surface area contributed by atoms with Gasteiger partial charge in [0.1, 0.15) is 0 Å². The van der Waals surface area contributed by atoms with E-state index < -0.39 is 5.92 Å². The monoisotopic (exact) mass is 235 g/mol. The van der Waals surface area contributed by atoms with E-state index in [1.807, 2.05) is 32.0 Å². The quantitative estimate of drug-likeness (QED) is 0.322. The van der Waals surface area contributed by atoms with Crippen LogP contribution in [-0.2, 0) is 4.79 Å². The molecule has 0 heterocycles. The fourth-order valence-electron chi connectivity index (χ4n) is 1.52. The molecule has 4 N–H and O–H groups in total. The van der Waals surface area contributed by atoms with Crippen molar-refractivity contribution in [3.8, 4) is 0 Å². The summed E-state index contributed by atoms with van der Waals surface area (Å²) in [5.74, 6) is -1.07.